The lowest BCUT2D eigenvalue weighted by Gasteiger charge is -2.17. The predicted octanol–water partition coefficient (Wildman–Crippen LogP) is 3.68. The molecule has 0 amide bonds. The van der Waals surface area contributed by atoms with Gasteiger partial charge in [0.25, 0.3) is 0 Å². The van der Waals surface area contributed by atoms with Gasteiger partial charge in [0, 0.05) is 11.1 Å². The van der Waals surface area contributed by atoms with Crippen LogP contribution in [0.2, 0.25) is 5.02 Å². The highest BCUT2D eigenvalue weighted by Crippen LogP contribution is 2.47. The maximum Gasteiger partial charge on any atom is 0.199 e. The van der Waals surface area contributed by atoms with Crippen molar-refractivity contribution >= 4 is 40.0 Å². The molecule has 0 atom stereocenters. The third-order valence-corrected chi connectivity index (χ3v) is 5.13. The summed E-state index contributed by atoms with van der Waals surface area (Å²) < 4.78 is 1.81. The van der Waals surface area contributed by atoms with Gasteiger partial charge in [-0.3, -0.25) is 9.48 Å². The molecule has 5 nitrogen and oxygen atoms in total. The van der Waals surface area contributed by atoms with E-state index in [0.29, 0.717) is 28.2 Å². The number of aromatic hydroxyl groups is 2. The first-order chi connectivity index (χ1) is 11.5. The van der Waals surface area contributed by atoms with Crippen LogP contribution in [0.15, 0.2) is 24.3 Å². The van der Waals surface area contributed by atoms with Crippen LogP contribution in [0.3, 0.4) is 0 Å². The Morgan fingerprint density at radius 3 is 2.54 bits per heavy atom. The smallest absolute Gasteiger partial charge is 0.199 e. The molecule has 1 aromatic heterocycles. The molecule has 1 aliphatic rings. The molecule has 7 heteroatoms. The van der Waals surface area contributed by atoms with Gasteiger partial charge in [0.15, 0.2) is 5.78 Å². The second-order valence-electron chi connectivity index (χ2n) is 5.56. The van der Waals surface area contributed by atoms with Crippen molar-refractivity contribution in [1.29, 1.82) is 0 Å². The van der Waals surface area contributed by atoms with Crippen molar-refractivity contribution in [3.63, 3.8) is 0 Å². The topological polar surface area (TPSA) is 75.4 Å². The van der Waals surface area contributed by atoms with Gasteiger partial charge in [-0.05, 0) is 30.5 Å². The maximum atomic E-state index is 12.9. The lowest BCUT2D eigenvalue weighted by Crippen LogP contribution is -2.10. The average molecular weight is 361 g/mol. The Morgan fingerprint density at radius 2 is 1.83 bits per heavy atom. The molecule has 0 spiro atoms. The van der Waals surface area contributed by atoms with Crippen molar-refractivity contribution in [2.45, 2.75) is 6.54 Å². The lowest BCUT2D eigenvalue weighted by molar-refractivity contribution is 0.103. The number of rotatable bonds is 3. The van der Waals surface area contributed by atoms with E-state index in [-0.39, 0.29) is 22.6 Å². The molecule has 24 heavy (non-hydrogen) atoms. The summed E-state index contributed by atoms with van der Waals surface area (Å²) in [7, 11) is 0. The Kier molecular flexibility index (Phi) is 3.47. The fourth-order valence-corrected chi connectivity index (χ4v) is 3.76. The standard InChI is InChI=1S/C17H13ClN2O3S/c1-24-7-6-20-9-3-2-8(18)12-13(9)16(19-20)14-10(21)4-5-11(22)15(14)17(12)23/h2-5,21-22H,6-7H2,1H3. The Bertz CT molecular complexity index is 1010. The van der Waals surface area contributed by atoms with E-state index in [1.165, 1.54) is 12.1 Å². The number of halogens is 1. The number of ketones is 1. The third-order valence-electron chi connectivity index (χ3n) is 4.23. The quantitative estimate of drug-likeness (QED) is 0.545. The van der Waals surface area contributed by atoms with E-state index < -0.39 is 5.78 Å². The first kappa shape index (κ1) is 15.4. The molecule has 0 bridgehead atoms. The zero-order chi connectivity index (χ0) is 17.0. The summed E-state index contributed by atoms with van der Waals surface area (Å²) in [5.74, 6) is 0.190. The minimum absolute atomic E-state index is 0.0482. The number of carbonyl (C=O) groups is 1. The van der Waals surface area contributed by atoms with Gasteiger partial charge >= 0.3 is 0 Å². The molecule has 0 aliphatic heterocycles. The number of phenolic OH excluding ortho intramolecular Hbond substituents is 2. The Hall–Kier alpha value is -2.18. The van der Waals surface area contributed by atoms with Gasteiger partial charge in [0.05, 0.1) is 33.8 Å². The van der Waals surface area contributed by atoms with Crippen LogP contribution < -0.4 is 0 Å². The Labute approximate surface area is 146 Å². The Morgan fingerprint density at radius 1 is 1.12 bits per heavy atom. The van der Waals surface area contributed by atoms with E-state index in [0.717, 1.165) is 11.3 Å². The van der Waals surface area contributed by atoms with E-state index in [4.69, 9.17) is 11.6 Å². The van der Waals surface area contributed by atoms with Crippen LogP contribution in [0.25, 0.3) is 22.2 Å². The van der Waals surface area contributed by atoms with Crippen LogP contribution >= 0.6 is 23.4 Å². The third kappa shape index (κ3) is 1.96. The molecule has 0 saturated carbocycles. The van der Waals surface area contributed by atoms with E-state index in [2.05, 4.69) is 5.10 Å². The van der Waals surface area contributed by atoms with Crippen molar-refractivity contribution in [1.82, 2.24) is 9.78 Å². The van der Waals surface area contributed by atoms with Crippen LogP contribution in [0, 0.1) is 0 Å². The minimum Gasteiger partial charge on any atom is -0.507 e. The van der Waals surface area contributed by atoms with E-state index in [9.17, 15) is 15.0 Å². The summed E-state index contributed by atoms with van der Waals surface area (Å²) in [6.45, 7) is 0.668. The number of carbonyl (C=O) groups excluding carboxylic acids is 1. The summed E-state index contributed by atoms with van der Waals surface area (Å²) in [4.78, 5) is 12.9. The maximum absolute atomic E-state index is 12.9. The molecule has 3 aromatic rings. The fraction of sp³-hybridized carbons (Fsp3) is 0.176. The normalized spacial score (nSPS) is 12.7. The molecule has 2 N–H and O–H groups in total. The highest BCUT2D eigenvalue weighted by Gasteiger charge is 2.34. The Balaban J connectivity index is 2.14. The van der Waals surface area contributed by atoms with Crippen LogP contribution in [0.5, 0.6) is 11.5 Å². The number of fused-ring (bicyclic) bond motifs is 2. The molecule has 0 unspecified atom stereocenters. The zero-order valence-electron chi connectivity index (χ0n) is 12.7. The van der Waals surface area contributed by atoms with Crippen LogP contribution in [0.4, 0.5) is 0 Å². The molecule has 1 aliphatic carbocycles. The first-order valence-electron chi connectivity index (χ1n) is 7.32. The summed E-state index contributed by atoms with van der Waals surface area (Å²) in [6.07, 6.45) is 2.01. The van der Waals surface area contributed by atoms with E-state index >= 15 is 0 Å². The van der Waals surface area contributed by atoms with Crippen LogP contribution in [-0.2, 0) is 6.54 Å². The number of nitrogens with zero attached hydrogens (tertiary/aromatic N) is 2. The predicted molar refractivity (Wildman–Crippen MR) is 95.3 cm³/mol. The van der Waals surface area contributed by atoms with Gasteiger partial charge in [-0.1, -0.05) is 11.6 Å². The first-order valence-corrected chi connectivity index (χ1v) is 9.09. The molecule has 0 fully saturated rings. The molecule has 0 radical (unpaired) electrons. The van der Waals surface area contributed by atoms with Crippen molar-refractivity contribution < 1.29 is 15.0 Å². The second-order valence-corrected chi connectivity index (χ2v) is 6.96. The minimum atomic E-state index is -0.397. The molecule has 2 aromatic carbocycles. The SMILES string of the molecule is CSCCn1nc2c3c(c(Cl)ccc31)C(=O)c1c(O)ccc(O)c1-2. The highest BCUT2D eigenvalue weighted by atomic mass is 35.5. The van der Waals surface area contributed by atoms with E-state index in [1.807, 2.05) is 17.0 Å². The zero-order valence-corrected chi connectivity index (χ0v) is 14.3. The van der Waals surface area contributed by atoms with Crippen molar-refractivity contribution in [3.05, 3.63) is 40.4 Å². The van der Waals surface area contributed by atoms with Crippen molar-refractivity contribution in [3.8, 4) is 22.8 Å². The van der Waals surface area contributed by atoms with Gasteiger partial charge in [-0.15, -0.1) is 0 Å². The number of benzene rings is 2. The summed E-state index contributed by atoms with van der Waals surface area (Å²) in [6, 6.07) is 6.17. The summed E-state index contributed by atoms with van der Waals surface area (Å²) in [5.41, 5.74) is 1.91. The molecule has 0 saturated heterocycles. The molecule has 122 valence electrons. The number of hydrogen-bond donors (Lipinski definition) is 2. The van der Waals surface area contributed by atoms with E-state index in [1.54, 1.807) is 17.8 Å². The molecular weight excluding hydrogens is 348 g/mol. The van der Waals surface area contributed by atoms with Gasteiger partial charge in [0.2, 0.25) is 0 Å². The number of aryl methyl sites for hydroxylation is 1. The number of phenols is 2. The van der Waals surface area contributed by atoms with Crippen molar-refractivity contribution in [2.24, 2.45) is 0 Å². The van der Waals surface area contributed by atoms with Gasteiger partial charge in [0.1, 0.15) is 17.2 Å². The van der Waals surface area contributed by atoms with Crippen LogP contribution in [-0.4, -0.2) is 37.8 Å². The van der Waals surface area contributed by atoms with Gasteiger partial charge in [-0.25, -0.2) is 0 Å². The molecule has 4 rings (SSSR count). The van der Waals surface area contributed by atoms with Crippen molar-refractivity contribution in [2.75, 3.05) is 12.0 Å². The summed E-state index contributed by atoms with van der Waals surface area (Å²) in [5, 5.41) is 26.0. The number of aromatic nitrogens is 2. The lowest BCUT2D eigenvalue weighted by atomic mass is 9.86. The molecular formula is C17H13ClN2O3S. The average Bonchev–Trinajstić information content (AvgIpc) is 2.92. The monoisotopic (exact) mass is 360 g/mol. The van der Waals surface area contributed by atoms with Gasteiger partial charge < -0.3 is 10.2 Å². The number of hydrogen-bond acceptors (Lipinski definition) is 5. The van der Waals surface area contributed by atoms with Crippen LogP contribution in [0.1, 0.15) is 15.9 Å². The second kappa shape index (κ2) is 5.43. The summed E-state index contributed by atoms with van der Waals surface area (Å²) >= 11 is 7.96. The van der Waals surface area contributed by atoms with Gasteiger partial charge in [-0.2, -0.15) is 16.9 Å². The molecule has 1 heterocycles. The largest absolute Gasteiger partial charge is 0.507 e. The fourth-order valence-electron chi connectivity index (χ4n) is 3.17. The number of thioether (sulfide) groups is 1. The highest BCUT2D eigenvalue weighted by molar-refractivity contribution is 7.98.